The maximum absolute atomic E-state index is 12.1. The fraction of sp³-hybridized carbons (Fsp3) is 0.429. The van der Waals surface area contributed by atoms with Crippen LogP contribution < -0.4 is 5.32 Å². The van der Waals surface area contributed by atoms with Crippen LogP contribution in [-0.4, -0.2) is 60.1 Å². The molecule has 1 aliphatic heterocycles. The van der Waals surface area contributed by atoms with Gasteiger partial charge in [-0.25, -0.2) is 9.59 Å². The minimum atomic E-state index is -1.09. The number of hydrogen-bond acceptors (Lipinski definition) is 3. The van der Waals surface area contributed by atoms with Crippen LogP contribution >= 0.6 is 11.6 Å². The zero-order chi connectivity index (χ0) is 15.6. The maximum atomic E-state index is 12.1. The number of hydrogen-bond donors (Lipinski definition) is 2. The first-order chi connectivity index (χ1) is 9.88. The summed E-state index contributed by atoms with van der Waals surface area (Å²) in [4.78, 5) is 26.9. The van der Waals surface area contributed by atoms with Crippen molar-refractivity contribution in [2.24, 2.45) is 0 Å². The summed E-state index contributed by atoms with van der Waals surface area (Å²) in [6.07, 6.45) is 0.944. The molecule has 1 aromatic rings. The summed E-state index contributed by atoms with van der Waals surface area (Å²) in [7, 11) is 3.99. The third kappa shape index (κ3) is 3.65. The Hall–Kier alpha value is -1.79. The van der Waals surface area contributed by atoms with Crippen molar-refractivity contribution in [1.82, 2.24) is 9.80 Å². The van der Waals surface area contributed by atoms with Crippen LogP contribution in [0, 0.1) is 0 Å². The smallest absolute Gasteiger partial charge is 0.337 e. The van der Waals surface area contributed by atoms with Crippen LogP contribution in [0.5, 0.6) is 0 Å². The van der Waals surface area contributed by atoms with Crippen molar-refractivity contribution in [2.75, 3.05) is 32.5 Å². The summed E-state index contributed by atoms with van der Waals surface area (Å²) in [5.74, 6) is -1.09. The first-order valence-electron chi connectivity index (χ1n) is 6.63. The van der Waals surface area contributed by atoms with Crippen molar-refractivity contribution < 1.29 is 14.7 Å². The van der Waals surface area contributed by atoms with E-state index in [-0.39, 0.29) is 16.6 Å². The van der Waals surface area contributed by atoms with Crippen LogP contribution in [-0.2, 0) is 0 Å². The molecule has 1 atom stereocenters. The Labute approximate surface area is 128 Å². The van der Waals surface area contributed by atoms with E-state index in [1.807, 2.05) is 14.1 Å². The van der Waals surface area contributed by atoms with Gasteiger partial charge in [0, 0.05) is 24.8 Å². The van der Waals surface area contributed by atoms with Crippen LogP contribution in [0.4, 0.5) is 10.5 Å². The quantitative estimate of drug-likeness (QED) is 0.897. The minimum absolute atomic E-state index is 0.0171. The lowest BCUT2D eigenvalue weighted by Gasteiger charge is -2.20. The minimum Gasteiger partial charge on any atom is -0.478 e. The summed E-state index contributed by atoms with van der Waals surface area (Å²) in [6, 6.07) is 4.54. The molecule has 0 radical (unpaired) electrons. The lowest BCUT2D eigenvalue weighted by Crippen LogP contribution is -2.36. The third-order valence-corrected chi connectivity index (χ3v) is 3.94. The zero-order valence-electron chi connectivity index (χ0n) is 12.0. The van der Waals surface area contributed by atoms with Gasteiger partial charge in [-0.1, -0.05) is 11.6 Å². The summed E-state index contributed by atoms with van der Waals surface area (Å²) < 4.78 is 0. The Bertz CT molecular complexity index is 562. The second-order valence-electron chi connectivity index (χ2n) is 5.28. The molecule has 6 nitrogen and oxygen atoms in total. The number of anilines is 1. The number of carbonyl (C=O) groups excluding carboxylic acids is 1. The number of nitrogens with zero attached hydrogens (tertiary/aromatic N) is 2. The maximum Gasteiger partial charge on any atom is 0.337 e. The molecule has 0 aliphatic carbocycles. The number of benzene rings is 1. The van der Waals surface area contributed by atoms with Gasteiger partial charge in [0.15, 0.2) is 0 Å². The predicted octanol–water partition coefficient (Wildman–Crippen LogP) is 2.21. The van der Waals surface area contributed by atoms with Crippen LogP contribution in [0.15, 0.2) is 18.2 Å². The third-order valence-electron chi connectivity index (χ3n) is 3.63. The summed E-state index contributed by atoms with van der Waals surface area (Å²) in [5.41, 5.74) is 0.506. The van der Waals surface area contributed by atoms with Crippen LogP contribution in [0.3, 0.4) is 0 Å². The van der Waals surface area contributed by atoms with Gasteiger partial charge in [0.05, 0.1) is 10.6 Å². The van der Waals surface area contributed by atoms with Gasteiger partial charge < -0.3 is 20.2 Å². The molecule has 1 heterocycles. The molecule has 1 fully saturated rings. The Balaban J connectivity index is 2.00. The number of amides is 2. The van der Waals surface area contributed by atoms with Gasteiger partial charge in [-0.15, -0.1) is 0 Å². The van der Waals surface area contributed by atoms with E-state index in [2.05, 4.69) is 10.2 Å². The average molecular weight is 312 g/mol. The normalized spacial score (nSPS) is 18.1. The van der Waals surface area contributed by atoms with Crippen molar-refractivity contribution in [2.45, 2.75) is 12.5 Å². The molecule has 0 aromatic heterocycles. The summed E-state index contributed by atoms with van der Waals surface area (Å²) >= 11 is 5.88. The Kier molecular flexibility index (Phi) is 4.69. The molecule has 2 rings (SSSR count). The molecule has 2 amide bonds. The highest BCUT2D eigenvalue weighted by Crippen LogP contribution is 2.22. The highest BCUT2D eigenvalue weighted by atomic mass is 35.5. The number of likely N-dealkylation sites (tertiary alicyclic amines) is 1. The average Bonchev–Trinajstić information content (AvgIpc) is 2.88. The van der Waals surface area contributed by atoms with Crippen LogP contribution in [0.1, 0.15) is 16.8 Å². The van der Waals surface area contributed by atoms with E-state index in [1.54, 1.807) is 4.90 Å². The Morgan fingerprint density at radius 3 is 2.67 bits per heavy atom. The van der Waals surface area contributed by atoms with E-state index in [1.165, 1.54) is 18.2 Å². The predicted molar refractivity (Wildman–Crippen MR) is 81.1 cm³/mol. The van der Waals surface area contributed by atoms with Crippen LogP contribution in [0.25, 0.3) is 0 Å². The molecular weight excluding hydrogens is 294 g/mol. The highest BCUT2D eigenvalue weighted by Gasteiger charge is 2.27. The molecule has 0 bridgehead atoms. The lowest BCUT2D eigenvalue weighted by atomic mass is 10.2. The van der Waals surface area contributed by atoms with Crippen molar-refractivity contribution in [3.8, 4) is 0 Å². The molecule has 1 aliphatic rings. The van der Waals surface area contributed by atoms with Gasteiger partial charge in [-0.3, -0.25) is 0 Å². The lowest BCUT2D eigenvalue weighted by molar-refractivity contribution is 0.0697. The van der Waals surface area contributed by atoms with Gasteiger partial charge >= 0.3 is 12.0 Å². The van der Waals surface area contributed by atoms with E-state index < -0.39 is 5.97 Å². The van der Waals surface area contributed by atoms with Crippen LogP contribution in [0.2, 0.25) is 5.02 Å². The SMILES string of the molecule is CN(C)C1CCN(C(=O)Nc2ccc(C(=O)O)c(Cl)c2)C1. The molecule has 114 valence electrons. The number of nitrogens with one attached hydrogen (secondary N) is 1. The van der Waals surface area contributed by atoms with Gasteiger partial charge in [0.25, 0.3) is 0 Å². The molecule has 1 saturated heterocycles. The van der Waals surface area contributed by atoms with Gasteiger partial charge in [-0.2, -0.15) is 0 Å². The summed E-state index contributed by atoms with van der Waals surface area (Å²) in [5, 5.41) is 11.8. The number of carboxylic acid groups (broad SMARTS) is 1. The second kappa shape index (κ2) is 6.32. The van der Waals surface area contributed by atoms with E-state index in [4.69, 9.17) is 16.7 Å². The van der Waals surface area contributed by atoms with Crippen molar-refractivity contribution in [3.63, 3.8) is 0 Å². The second-order valence-corrected chi connectivity index (χ2v) is 5.69. The number of likely N-dealkylation sites (N-methyl/N-ethyl adjacent to an activating group) is 1. The molecule has 1 unspecified atom stereocenters. The number of aromatic carboxylic acids is 1. The largest absolute Gasteiger partial charge is 0.478 e. The number of carboxylic acids is 1. The van der Waals surface area contributed by atoms with E-state index in [0.29, 0.717) is 24.8 Å². The van der Waals surface area contributed by atoms with E-state index in [9.17, 15) is 9.59 Å². The van der Waals surface area contributed by atoms with Gasteiger partial charge in [-0.05, 0) is 38.7 Å². The molecule has 2 N–H and O–H groups in total. The Morgan fingerprint density at radius 2 is 2.14 bits per heavy atom. The standard InChI is InChI=1S/C14H18ClN3O3/c1-17(2)10-5-6-18(8-10)14(21)16-9-3-4-11(13(19)20)12(15)7-9/h3-4,7,10H,5-6,8H2,1-2H3,(H,16,21)(H,19,20). The molecule has 0 spiro atoms. The topological polar surface area (TPSA) is 72.9 Å². The number of carbonyl (C=O) groups is 2. The number of halogens is 1. The first-order valence-corrected chi connectivity index (χ1v) is 7.01. The molecule has 21 heavy (non-hydrogen) atoms. The molecule has 1 aromatic carbocycles. The highest BCUT2D eigenvalue weighted by molar-refractivity contribution is 6.33. The summed E-state index contributed by atoms with van der Waals surface area (Å²) in [6.45, 7) is 1.38. The van der Waals surface area contributed by atoms with Crippen molar-refractivity contribution in [3.05, 3.63) is 28.8 Å². The first kappa shape index (κ1) is 15.6. The van der Waals surface area contributed by atoms with Gasteiger partial charge in [0.2, 0.25) is 0 Å². The molecular formula is C14H18ClN3O3. The number of urea groups is 1. The fourth-order valence-electron chi connectivity index (χ4n) is 2.32. The Morgan fingerprint density at radius 1 is 1.43 bits per heavy atom. The number of rotatable bonds is 3. The van der Waals surface area contributed by atoms with Crippen molar-refractivity contribution in [1.29, 1.82) is 0 Å². The van der Waals surface area contributed by atoms with E-state index in [0.717, 1.165) is 6.42 Å². The van der Waals surface area contributed by atoms with Crippen molar-refractivity contribution >= 4 is 29.3 Å². The molecule has 0 saturated carbocycles. The van der Waals surface area contributed by atoms with E-state index >= 15 is 0 Å². The monoisotopic (exact) mass is 311 g/mol. The molecule has 7 heteroatoms. The van der Waals surface area contributed by atoms with Gasteiger partial charge in [0.1, 0.15) is 0 Å². The fourth-order valence-corrected chi connectivity index (χ4v) is 2.58. The zero-order valence-corrected chi connectivity index (χ0v) is 12.7.